The van der Waals surface area contributed by atoms with Gasteiger partial charge in [-0.15, -0.1) is 0 Å². The molecule has 4 heteroatoms. The van der Waals surface area contributed by atoms with Crippen molar-refractivity contribution in [2.24, 2.45) is 0 Å². The van der Waals surface area contributed by atoms with Crippen molar-refractivity contribution in [3.63, 3.8) is 0 Å². The van der Waals surface area contributed by atoms with Crippen LogP contribution in [0.2, 0.25) is 0 Å². The van der Waals surface area contributed by atoms with E-state index in [1.165, 1.54) is 0 Å². The standard InChI is InChI=1S/As4/c1-2-3(1)4(1)2. The molecule has 0 unspecified atom stereocenters. The Hall–Kier alpha value is 2.23. The molecule has 0 aromatic carbocycles. The topological polar surface area (TPSA) is 0 Å². The first-order valence-electron chi connectivity index (χ1n) is 1.20. The summed E-state index contributed by atoms with van der Waals surface area (Å²) in [6, 6.07) is 0. The fourth-order valence-electron chi connectivity index (χ4n) is 0.335. The van der Waals surface area contributed by atoms with Gasteiger partial charge in [0.15, 0.2) is 0 Å². The zero-order valence-electron chi connectivity index (χ0n) is 1.79. The summed E-state index contributed by atoms with van der Waals surface area (Å²) >= 11 is 0. The van der Waals surface area contributed by atoms with Crippen molar-refractivity contribution in [2.75, 3.05) is 0 Å². The number of rotatable bonds is 0. The molecule has 4 heavy (non-hydrogen) atoms. The molecule has 4 aliphatic heterocycles. The molecule has 0 radical (unpaired) electrons. The summed E-state index contributed by atoms with van der Waals surface area (Å²) in [5.74, 6) is 0. The third-order valence-electron chi connectivity index (χ3n) is 0.838. The molecule has 0 aromatic heterocycles. The molecule has 4 rings (SSSR count). The maximum atomic E-state index is 0.750. The zero-order chi connectivity index (χ0) is 2.31. The maximum absolute atomic E-state index is 0.750. The van der Waals surface area contributed by atoms with Gasteiger partial charge in [-0.2, -0.15) is 0 Å². The summed E-state index contributed by atoms with van der Waals surface area (Å²) in [6.45, 7) is 0. The van der Waals surface area contributed by atoms with E-state index >= 15 is 0 Å². The first kappa shape index (κ1) is 2.52. The van der Waals surface area contributed by atoms with Crippen LogP contribution in [0.1, 0.15) is 0 Å². The molecule has 4 fully saturated rings. The van der Waals surface area contributed by atoms with Crippen molar-refractivity contribution in [1.82, 2.24) is 0 Å². The minimum atomic E-state index is 0.750. The van der Waals surface area contributed by atoms with Gasteiger partial charge in [0.05, 0.1) is 0 Å². The van der Waals surface area contributed by atoms with Crippen LogP contribution in [0.3, 0.4) is 0 Å². The Labute approximate surface area is 33.1 Å². The summed E-state index contributed by atoms with van der Waals surface area (Å²) < 4.78 is 0. The Balaban J connectivity index is 3.00. The molecule has 0 bridgehead atoms. The van der Waals surface area contributed by atoms with E-state index in [1.807, 2.05) is 0 Å². The van der Waals surface area contributed by atoms with Crippen LogP contribution in [0.5, 0.6) is 0 Å². The summed E-state index contributed by atoms with van der Waals surface area (Å²) in [5.41, 5.74) is 0. The van der Waals surface area contributed by atoms with Crippen molar-refractivity contribution in [2.45, 2.75) is 0 Å². The Morgan fingerprint density at radius 2 is 0.750 bits per heavy atom. The molecule has 0 N–H and O–H groups in total. The van der Waals surface area contributed by atoms with Crippen molar-refractivity contribution < 1.29 is 0 Å². The summed E-state index contributed by atoms with van der Waals surface area (Å²) in [5, 5.41) is 0. The first-order chi connectivity index (χ1) is 2.00. The minimum absolute atomic E-state index is 0.750. The normalized spacial score (nSPS) is 108. The van der Waals surface area contributed by atoms with Crippen LogP contribution in [0.25, 0.3) is 0 Å². The van der Waals surface area contributed by atoms with Gasteiger partial charge in [0.2, 0.25) is 0 Å². The van der Waals surface area contributed by atoms with Gasteiger partial charge >= 0.3 is 33.8 Å². The fraction of sp³-hybridized carbons (Fsp3) is 0. The molecule has 0 amide bonds. The first-order valence-corrected chi connectivity index (χ1v) is 32.4. The number of hydrogen-bond donors (Lipinski definition) is 0. The van der Waals surface area contributed by atoms with Gasteiger partial charge in [0.25, 0.3) is 0 Å². The van der Waals surface area contributed by atoms with E-state index in [2.05, 4.69) is 0 Å². The van der Waals surface area contributed by atoms with Crippen LogP contribution < -0.4 is 0 Å². The van der Waals surface area contributed by atoms with E-state index in [0.29, 0.717) is 0 Å². The van der Waals surface area contributed by atoms with E-state index in [0.717, 1.165) is 33.8 Å². The van der Waals surface area contributed by atoms with Crippen molar-refractivity contribution in [3.8, 4) is 0 Å². The molecule has 0 spiro atoms. The molecule has 0 nitrogen and oxygen atoms in total. The van der Waals surface area contributed by atoms with Crippen LogP contribution in [0, 0.1) is 0 Å². The third kappa shape index (κ3) is 0.133. The van der Waals surface area contributed by atoms with Crippen LogP contribution in [0.15, 0.2) is 0 Å². The predicted molar refractivity (Wildman–Crippen MR) is 23.0 cm³/mol. The molecule has 4 heterocycles. The Morgan fingerprint density at radius 3 is 0.750 bits per heavy atom. The molecule has 0 aromatic rings. The van der Waals surface area contributed by atoms with E-state index in [9.17, 15) is 0 Å². The number of hydrogen-bond acceptors (Lipinski definition) is 0. The summed E-state index contributed by atoms with van der Waals surface area (Å²) in [6.07, 6.45) is 0. The monoisotopic (exact) mass is 300 g/mol. The predicted octanol–water partition coefficient (Wildman–Crippen LogP) is -1.52. The SMILES string of the molecule is [As]12[As]3[As]1[As]23. The average Bonchev–Trinajstić information content (AvgIpc) is 1.71. The van der Waals surface area contributed by atoms with Crippen LogP contribution in [-0.4, -0.2) is 33.8 Å². The molecule has 0 aliphatic carbocycles. The quantitative estimate of drug-likeness (QED) is 0.477. The van der Waals surface area contributed by atoms with E-state index in [4.69, 9.17) is 0 Å². The molecule has 0 saturated carbocycles. The van der Waals surface area contributed by atoms with Gasteiger partial charge in [-0.25, -0.2) is 0 Å². The molecule has 0 atom stereocenters. The van der Waals surface area contributed by atoms with Crippen LogP contribution in [-0.2, 0) is 0 Å². The van der Waals surface area contributed by atoms with Crippen LogP contribution in [0.4, 0.5) is 0 Å². The molecule has 20 valence electrons. The van der Waals surface area contributed by atoms with E-state index in [-0.39, 0.29) is 0 Å². The van der Waals surface area contributed by atoms with Crippen molar-refractivity contribution >= 4 is 33.8 Å². The summed E-state index contributed by atoms with van der Waals surface area (Å²) in [4.78, 5) is 0. The van der Waals surface area contributed by atoms with Crippen LogP contribution >= 0.6 is 0 Å². The van der Waals surface area contributed by atoms with E-state index < -0.39 is 0 Å². The molecular formula is As4. The van der Waals surface area contributed by atoms with E-state index in [1.54, 1.807) is 0 Å². The van der Waals surface area contributed by atoms with Gasteiger partial charge in [-0.1, -0.05) is 0 Å². The van der Waals surface area contributed by atoms with Gasteiger partial charge in [-0.3, -0.25) is 0 Å². The Kier molecular flexibility index (Phi) is 0.292. The van der Waals surface area contributed by atoms with Gasteiger partial charge < -0.3 is 0 Å². The second-order valence-corrected chi connectivity index (χ2v) is 151. The average molecular weight is 300 g/mol. The zero-order valence-corrected chi connectivity index (χ0v) is 9.30. The third-order valence-corrected chi connectivity index (χ3v) is 400. The van der Waals surface area contributed by atoms with Gasteiger partial charge in [-0.05, 0) is 0 Å². The second-order valence-electron chi connectivity index (χ2n) is 1.07. The molecule has 4 saturated heterocycles. The van der Waals surface area contributed by atoms with Crippen molar-refractivity contribution in [1.29, 1.82) is 0 Å². The Bertz CT molecular complexity index is 43.0. The molecular weight excluding hydrogens is 300 g/mol. The fourth-order valence-corrected chi connectivity index (χ4v) is 901. The molecule has 4 aliphatic rings. The van der Waals surface area contributed by atoms with Gasteiger partial charge in [0.1, 0.15) is 0 Å². The van der Waals surface area contributed by atoms with Crippen molar-refractivity contribution in [3.05, 3.63) is 0 Å². The Morgan fingerprint density at radius 1 is 0.500 bits per heavy atom. The van der Waals surface area contributed by atoms with Gasteiger partial charge in [0, 0.05) is 0 Å². The second kappa shape index (κ2) is 0.463. The summed E-state index contributed by atoms with van der Waals surface area (Å²) in [7, 11) is 3.00.